The summed E-state index contributed by atoms with van der Waals surface area (Å²) in [5.74, 6) is 0.136. The third-order valence-corrected chi connectivity index (χ3v) is 6.86. The molecule has 4 rings (SSSR count). The number of amides is 1. The fourth-order valence-corrected chi connectivity index (χ4v) is 4.55. The molecule has 190 valence electrons. The van der Waals surface area contributed by atoms with E-state index in [0.717, 1.165) is 35.6 Å². The van der Waals surface area contributed by atoms with Gasteiger partial charge in [-0.1, -0.05) is 36.4 Å². The average Bonchev–Trinajstić information content (AvgIpc) is 2.95. The Balaban J connectivity index is 1.66. The van der Waals surface area contributed by atoms with Crippen molar-refractivity contribution < 1.29 is 4.79 Å². The number of anilines is 2. The third kappa shape index (κ3) is 6.69. The van der Waals surface area contributed by atoms with Crippen LogP contribution in [0.1, 0.15) is 46.3 Å². The molecule has 1 aliphatic heterocycles. The highest BCUT2D eigenvalue weighted by Crippen LogP contribution is 2.33. The van der Waals surface area contributed by atoms with Crippen LogP contribution in [0.15, 0.2) is 90.1 Å². The molecule has 0 aliphatic carbocycles. The number of carbonyl (C=O) groups excluding carboxylic acids is 1. The van der Waals surface area contributed by atoms with E-state index in [4.69, 9.17) is 17.3 Å². The summed E-state index contributed by atoms with van der Waals surface area (Å²) in [7, 11) is 0. The Labute approximate surface area is 224 Å². The van der Waals surface area contributed by atoms with E-state index < -0.39 is 0 Å². The second-order valence-electron chi connectivity index (χ2n) is 9.26. The first-order valence-corrected chi connectivity index (χ1v) is 13.1. The molecule has 5 nitrogen and oxygen atoms in total. The molecule has 1 fully saturated rings. The van der Waals surface area contributed by atoms with E-state index in [2.05, 4.69) is 33.9 Å². The van der Waals surface area contributed by atoms with Crippen LogP contribution in [-0.4, -0.2) is 25.2 Å². The van der Waals surface area contributed by atoms with Gasteiger partial charge in [0.1, 0.15) is 0 Å². The van der Waals surface area contributed by atoms with Crippen molar-refractivity contribution in [3.05, 3.63) is 107 Å². The molecule has 0 saturated carbocycles. The van der Waals surface area contributed by atoms with Crippen LogP contribution in [0.3, 0.4) is 0 Å². The van der Waals surface area contributed by atoms with Crippen molar-refractivity contribution in [3.63, 3.8) is 0 Å². The van der Waals surface area contributed by atoms with E-state index in [1.54, 1.807) is 18.3 Å². The number of piperidine rings is 1. The van der Waals surface area contributed by atoms with Crippen molar-refractivity contribution in [1.82, 2.24) is 0 Å². The topological polar surface area (TPSA) is 70.7 Å². The van der Waals surface area contributed by atoms with Crippen LogP contribution in [0.2, 0.25) is 0 Å². The highest BCUT2D eigenvalue weighted by atomic mass is 35.5. The van der Waals surface area contributed by atoms with Gasteiger partial charge in [0, 0.05) is 59.5 Å². The second kappa shape index (κ2) is 12.4. The summed E-state index contributed by atoms with van der Waals surface area (Å²) >= 11 is 5.98. The van der Waals surface area contributed by atoms with Crippen LogP contribution in [-0.2, 0) is 5.88 Å². The maximum Gasteiger partial charge on any atom is 0.255 e. The smallest absolute Gasteiger partial charge is 0.255 e. The normalized spacial score (nSPS) is 14.1. The van der Waals surface area contributed by atoms with Gasteiger partial charge in [-0.3, -0.25) is 9.79 Å². The van der Waals surface area contributed by atoms with E-state index in [0.29, 0.717) is 28.3 Å². The molecular weight excluding hydrogens is 480 g/mol. The highest BCUT2D eigenvalue weighted by Gasteiger charge is 2.17. The Kier molecular flexibility index (Phi) is 8.81. The minimum Gasteiger partial charge on any atom is -0.404 e. The first kappa shape index (κ1) is 26.2. The number of carbonyl (C=O) groups is 1. The Hall–Kier alpha value is -3.83. The molecule has 0 atom stereocenters. The van der Waals surface area contributed by atoms with E-state index in [-0.39, 0.29) is 5.91 Å². The zero-order chi connectivity index (χ0) is 26.2. The Bertz CT molecular complexity index is 1320. The van der Waals surface area contributed by atoms with Crippen LogP contribution < -0.4 is 16.0 Å². The Morgan fingerprint density at radius 1 is 1.08 bits per heavy atom. The van der Waals surface area contributed by atoms with E-state index >= 15 is 0 Å². The number of nitrogens with one attached hydrogen (secondary N) is 1. The monoisotopic (exact) mass is 512 g/mol. The van der Waals surface area contributed by atoms with Gasteiger partial charge in [0.2, 0.25) is 0 Å². The summed E-state index contributed by atoms with van der Waals surface area (Å²) in [4.78, 5) is 20.1. The van der Waals surface area contributed by atoms with Crippen molar-refractivity contribution in [2.75, 3.05) is 23.3 Å². The van der Waals surface area contributed by atoms with Crippen molar-refractivity contribution in [3.8, 4) is 0 Å². The van der Waals surface area contributed by atoms with Crippen LogP contribution in [0.5, 0.6) is 0 Å². The van der Waals surface area contributed by atoms with Crippen molar-refractivity contribution in [1.29, 1.82) is 0 Å². The van der Waals surface area contributed by atoms with E-state index in [1.807, 2.05) is 49.4 Å². The molecule has 1 saturated heterocycles. The standard InChI is InChI=1S/C31H33ClN4O/c1-22-9-11-27(12-10-22)34-21-26(20-33)23(2)29-18-28(36-15-4-3-5-16-36)13-14-30(29)35-31(37)25-8-6-7-24(17-25)19-32/h6-14,17-18,20-21H,2-5,15-16,19,33H2,1H3,(H,35,37)/b26-20+,34-21?. The van der Waals surface area contributed by atoms with E-state index in [1.165, 1.54) is 31.0 Å². The number of alkyl halides is 1. The lowest BCUT2D eigenvalue weighted by Gasteiger charge is -2.29. The van der Waals surface area contributed by atoms with Crippen LogP contribution in [0.25, 0.3) is 5.57 Å². The molecule has 1 heterocycles. The maximum absolute atomic E-state index is 13.2. The molecule has 37 heavy (non-hydrogen) atoms. The molecule has 3 aromatic carbocycles. The predicted octanol–water partition coefficient (Wildman–Crippen LogP) is 7.23. The Morgan fingerprint density at radius 3 is 2.54 bits per heavy atom. The molecule has 0 radical (unpaired) electrons. The third-order valence-electron chi connectivity index (χ3n) is 6.56. The number of rotatable bonds is 8. The molecule has 0 aromatic heterocycles. The summed E-state index contributed by atoms with van der Waals surface area (Å²) in [6.07, 6.45) is 6.81. The maximum atomic E-state index is 13.2. The number of allylic oxidation sites excluding steroid dienone is 2. The van der Waals surface area contributed by atoms with Crippen LogP contribution >= 0.6 is 11.6 Å². The number of benzene rings is 3. The zero-order valence-corrected chi connectivity index (χ0v) is 22.0. The van der Waals surface area contributed by atoms with Gasteiger partial charge in [-0.05, 0) is 79.8 Å². The number of aryl methyl sites for hydroxylation is 1. The lowest BCUT2D eigenvalue weighted by molar-refractivity contribution is 0.102. The SMILES string of the molecule is C=C(/C(C=Nc1ccc(C)cc1)=C/N)c1cc(N2CCCCC2)ccc1NC(=O)c1cccc(CCl)c1. The lowest BCUT2D eigenvalue weighted by Crippen LogP contribution is -2.29. The van der Waals surface area contributed by atoms with Gasteiger partial charge in [0.05, 0.1) is 5.69 Å². The molecule has 3 aromatic rings. The van der Waals surface area contributed by atoms with E-state index in [9.17, 15) is 4.79 Å². The Morgan fingerprint density at radius 2 is 1.84 bits per heavy atom. The van der Waals surface area contributed by atoms with Gasteiger partial charge in [0.15, 0.2) is 0 Å². The molecule has 1 amide bonds. The number of nitrogens with zero attached hydrogens (tertiary/aromatic N) is 2. The number of halogens is 1. The minimum absolute atomic E-state index is 0.210. The molecule has 1 aliphatic rings. The van der Waals surface area contributed by atoms with Crippen LogP contribution in [0, 0.1) is 6.92 Å². The van der Waals surface area contributed by atoms with Gasteiger partial charge in [-0.2, -0.15) is 0 Å². The number of aliphatic imine (C=N–C) groups is 1. The quantitative estimate of drug-likeness (QED) is 0.190. The summed E-state index contributed by atoms with van der Waals surface area (Å²) in [6, 6.07) is 21.4. The van der Waals surface area contributed by atoms with Gasteiger partial charge in [-0.15, -0.1) is 11.6 Å². The lowest BCUT2D eigenvalue weighted by atomic mass is 9.97. The van der Waals surface area contributed by atoms with Gasteiger partial charge < -0.3 is 16.0 Å². The fraction of sp³-hybridized carbons (Fsp3) is 0.226. The van der Waals surface area contributed by atoms with Crippen molar-refractivity contribution in [2.45, 2.75) is 32.1 Å². The largest absolute Gasteiger partial charge is 0.404 e. The first-order chi connectivity index (χ1) is 18.0. The van der Waals surface area contributed by atoms with Gasteiger partial charge in [0.25, 0.3) is 5.91 Å². The number of hydrogen-bond acceptors (Lipinski definition) is 4. The van der Waals surface area contributed by atoms with Crippen molar-refractivity contribution in [2.24, 2.45) is 10.7 Å². The molecule has 0 bridgehead atoms. The fourth-order valence-electron chi connectivity index (χ4n) is 4.38. The van der Waals surface area contributed by atoms with Gasteiger partial charge >= 0.3 is 0 Å². The van der Waals surface area contributed by atoms with Crippen molar-refractivity contribution >= 4 is 46.4 Å². The summed E-state index contributed by atoms with van der Waals surface area (Å²) in [6.45, 7) is 8.41. The zero-order valence-electron chi connectivity index (χ0n) is 21.2. The average molecular weight is 513 g/mol. The summed E-state index contributed by atoms with van der Waals surface area (Å²) in [5.41, 5.74) is 13.4. The molecular formula is C31H33ClN4O. The summed E-state index contributed by atoms with van der Waals surface area (Å²) < 4.78 is 0. The minimum atomic E-state index is -0.210. The predicted molar refractivity (Wildman–Crippen MR) is 157 cm³/mol. The first-order valence-electron chi connectivity index (χ1n) is 12.6. The highest BCUT2D eigenvalue weighted by molar-refractivity contribution is 6.17. The summed E-state index contributed by atoms with van der Waals surface area (Å²) in [5, 5.41) is 3.07. The van der Waals surface area contributed by atoms with Crippen LogP contribution in [0.4, 0.5) is 17.1 Å². The van der Waals surface area contributed by atoms with Gasteiger partial charge in [-0.25, -0.2) is 0 Å². The second-order valence-corrected chi connectivity index (χ2v) is 9.53. The number of hydrogen-bond donors (Lipinski definition) is 2. The number of nitrogens with two attached hydrogens (primary N) is 1. The molecule has 3 N–H and O–H groups in total. The molecule has 0 spiro atoms. The molecule has 6 heteroatoms. The molecule has 0 unspecified atom stereocenters.